The van der Waals surface area contributed by atoms with Crippen molar-refractivity contribution in [2.75, 3.05) is 19.5 Å². The first kappa shape index (κ1) is 20.8. The summed E-state index contributed by atoms with van der Waals surface area (Å²) in [5, 5.41) is 12.7. The average molecular weight is 412 g/mol. The highest BCUT2D eigenvalue weighted by molar-refractivity contribution is 6.24. The van der Waals surface area contributed by atoms with Crippen LogP contribution in [0.1, 0.15) is 45.7 Å². The lowest BCUT2D eigenvalue weighted by Gasteiger charge is -2.26. The van der Waals surface area contributed by atoms with Gasteiger partial charge in [-0.2, -0.15) is 0 Å². The van der Waals surface area contributed by atoms with Crippen LogP contribution in [0.3, 0.4) is 0 Å². The molecule has 1 atom stereocenters. The van der Waals surface area contributed by atoms with Gasteiger partial charge in [-0.3, -0.25) is 24.1 Å². The Balaban J connectivity index is 2.09. The molecule has 0 saturated heterocycles. The number of anilines is 1. The summed E-state index contributed by atoms with van der Waals surface area (Å²) in [5.41, 5.74) is 0.702. The molecule has 1 heterocycles. The van der Waals surface area contributed by atoms with Crippen molar-refractivity contribution in [2.45, 2.75) is 19.4 Å². The first-order chi connectivity index (χ1) is 14.3. The van der Waals surface area contributed by atoms with E-state index >= 15 is 0 Å². The molecule has 0 bridgehead atoms. The highest BCUT2D eigenvalue weighted by atomic mass is 16.5. The van der Waals surface area contributed by atoms with E-state index in [9.17, 15) is 24.3 Å². The number of phenolic OH excluding ortho intramolecular Hbond substituents is 1. The molecule has 0 radical (unpaired) electrons. The second-order valence-corrected chi connectivity index (χ2v) is 6.62. The van der Waals surface area contributed by atoms with Crippen molar-refractivity contribution in [2.24, 2.45) is 0 Å². The number of hydrogen-bond acceptors (Lipinski definition) is 7. The van der Waals surface area contributed by atoms with Gasteiger partial charge >= 0.3 is 5.97 Å². The highest BCUT2D eigenvalue weighted by Gasteiger charge is 2.43. The van der Waals surface area contributed by atoms with Gasteiger partial charge < -0.3 is 19.9 Å². The number of ether oxygens (including phenoxy) is 2. The number of esters is 1. The first-order valence-electron chi connectivity index (χ1n) is 9.00. The van der Waals surface area contributed by atoms with E-state index in [0.717, 1.165) is 4.90 Å². The number of carbonyl (C=O) groups is 4. The van der Waals surface area contributed by atoms with Crippen LogP contribution in [-0.4, -0.2) is 47.9 Å². The number of methoxy groups -OCH3 is 2. The molecule has 0 fully saturated rings. The van der Waals surface area contributed by atoms with Crippen LogP contribution in [0.2, 0.25) is 0 Å². The first-order valence-corrected chi connectivity index (χ1v) is 9.00. The van der Waals surface area contributed by atoms with Gasteiger partial charge in [0.25, 0.3) is 11.8 Å². The number of carbonyl (C=O) groups excluding carboxylic acids is 4. The van der Waals surface area contributed by atoms with Crippen molar-refractivity contribution in [3.8, 4) is 11.5 Å². The molecule has 30 heavy (non-hydrogen) atoms. The van der Waals surface area contributed by atoms with Gasteiger partial charge in [-0.05, 0) is 29.8 Å². The molecule has 9 nitrogen and oxygen atoms in total. The SMILES string of the molecule is COC(=O)CC(c1ccc(OC)c(O)c1)N1C(=O)c2cccc(NC(C)=O)c2C1=O. The van der Waals surface area contributed by atoms with Crippen LogP contribution in [0.4, 0.5) is 5.69 Å². The lowest BCUT2D eigenvalue weighted by Crippen LogP contribution is -2.35. The third-order valence-electron chi connectivity index (χ3n) is 4.74. The van der Waals surface area contributed by atoms with Crippen molar-refractivity contribution >= 4 is 29.4 Å². The summed E-state index contributed by atoms with van der Waals surface area (Å²) in [4.78, 5) is 50.8. The van der Waals surface area contributed by atoms with Gasteiger partial charge in [0, 0.05) is 6.92 Å². The van der Waals surface area contributed by atoms with Gasteiger partial charge in [0.15, 0.2) is 11.5 Å². The minimum atomic E-state index is -1.04. The fraction of sp³-hybridized carbons (Fsp3) is 0.238. The highest BCUT2D eigenvalue weighted by Crippen LogP contribution is 2.39. The van der Waals surface area contributed by atoms with Crippen LogP contribution in [0.15, 0.2) is 36.4 Å². The smallest absolute Gasteiger partial charge is 0.307 e. The number of nitrogens with zero attached hydrogens (tertiary/aromatic N) is 1. The van der Waals surface area contributed by atoms with Gasteiger partial charge in [0.2, 0.25) is 5.91 Å². The molecule has 0 aromatic heterocycles. The molecule has 2 N–H and O–H groups in total. The van der Waals surface area contributed by atoms with E-state index in [1.807, 2.05) is 0 Å². The van der Waals surface area contributed by atoms with Gasteiger partial charge in [0.05, 0.1) is 43.5 Å². The Hall–Kier alpha value is -3.88. The Bertz CT molecular complexity index is 1050. The van der Waals surface area contributed by atoms with E-state index in [-0.39, 0.29) is 34.7 Å². The fourth-order valence-electron chi connectivity index (χ4n) is 3.39. The Morgan fingerprint density at radius 2 is 1.87 bits per heavy atom. The van der Waals surface area contributed by atoms with Crippen LogP contribution in [0, 0.1) is 0 Å². The predicted molar refractivity (Wildman–Crippen MR) is 105 cm³/mol. The van der Waals surface area contributed by atoms with Crippen molar-refractivity contribution in [1.29, 1.82) is 0 Å². The summed E-state index contributed by atoms with van der Waals surface area (Å²) >= 11 is 0. The zero-order valence-electron chi connectivity index (χ0n) is 16.6. The molecule has 3 rings (SSSR count). The van der Waals surface area contributed by atoms with E-state index in [1.54, 1.807) is 12.1 Å². The molecular weight excluding hydrogens is 392 g/mol. The summed E-state index contributed by atoms with van der Waals surface area (Å²) in [5.74, 6) is -2.33. The number of imide groups is 1. The summed E-state index contributed by atoms with van der Waals surface area (Å²) in [7, 11) is 2.58. The second-order valence-electron chi connectivity index (χ2n) is 6.62. The predicted octanol–water partition coefficient (Wildman–Crippen LogP) is 2.26. The maximum absolute atomic E-state index is 13.2. The molecule has 1 aliphatic heterocycles. The monoisotopic (exact) mass is 412 g/mol. The molecule has 2 aromatic carbocycles. The van der Waals surface area contributed by atoms with Crippen molar-refractivity contribution in [1.82, 2.24) is 4.90 Å². The third kappa shape index (κ3) is 3.69. The maximum Gasteiger partial charge on any atom is 0.307 e. The summed E-state index contributed by atoms with van der Waals surface area (Å²) in [6.07, 6.45) is -0.316. The second kappa shape index (κ2) is 8.24. The molecular formula is C21H20N2O7. The van der Waals surface area contributed by atoms with E-state index in [2.05, 4.69) is 5.32 Å². The lowest BCUT2D eigenvalue weighted by atomic mass is 10.0. The topological polar surface area (TPSA) is 122 Å². The van der Waals surface area contributed by atoms with Crippen LogP contribution in [0.5, 0.6) is 11.5 Å². The zero-order chi connectivity index (χ0) is 22.0. The molecule has 0 aliphatic carbocycles. The van der Waals surface area contributed by atoms with E-state index in [0.29, 0.717) is 5.56 Å². The Labute approximate surface area is 172 Å². The number of benzene rings is 2. The number of rotatable bonds is 6. The zero-order valence-corrected chi connectivity index (χ0v) is 16.6. The lowest BCUT2D eigenvalue weighted by molar-refractivity contribution is -0.141. The molecule has 1 aliphatic rings. The molecule has 3 amide bonds. The Morgan fingerprint density at radius 1 is 1.13 bits per heavy atom. The van der Waals surface area contributed by atoms with Crippen LogP contribution >= 0.6 is 0 Å². The fourth-order valence-corrected chi connectivity index (χ4v) is 3.39. The number of amides is 3. The summed E-state index contributed by atoms with van der Waals surface area (Å²) in [6.45, 7) is 1.29. The number of fused-ring (bicyclic) bond motifs is 1. The van der Waals surface area contributed by atoms with Crippen molar-refractivity contribution in [3.63, 3.8) is 0 Å². The van der Waals surface area contributed by atoms with Crippen molar-refractivity contribution in [3.05, 3.63) is 53.1 Å². The third-order valence-corrected chi connectivity index (χ3v) is 4.74. The number of nitrogens with one attached hydrogen (secondary N) is 1. The van der Waals surface area contributed by atoms with Gasteiger partial charge in [-0.25, -0.2) is 0 Å². The Morgan fingerprint density at radius 3 is 2.47 bits per heavy atom. The molecule has 9 heteroatoms. The number of hydrogen-bond donors (Lipinski definition) is 2. The van der Waals surface area contributed by atoms with Gasteiger partial charge in [0.1, 0.15) is 0 Å². The molecule has 156 valence electrons. The molecule has 0 spiro atoms. The minimum Gasteiger partial charge on any atom is -0.504 e. The molecule has 0 saturated carbocycles. The standard InChI is InChI=1S/C21H20N2O7/c1-11(24)22-14-6-4-5-13-19(14)21(28)23(20(13)27)15(10-18(26)30-3)12-7-8-17(29-2)16(25)9-12/h4-9,15,25H,10H2,1-3H3,(H,22,24). The van der Waals surface area contributed by atoms with E-state index in [4.69, 9.17) is 9.47 Å². The van der Waals surface area contributed by atoms with Crippen molar-refractivity contribution < 1.29 is 33.8 Å². The number of aromatic hydroxyl groups is 1. The van der Waals surface area contributed by atoms with E-state index < -0.39 is 29.7 Å². The normalized spacial score (nSPS) is 13.6. The maximum atomic E-state index is 13.2. The van der Waals surface area contributed by atoms with Crippen LogP contribution < -0.4 is 10.1 Å². The minimum absolute atomic E-state index is 0.0466. The molecule has 1 unspecified atom stereocenters. The molecule has 2 aromatic rings. The van der Waals surface area contributed by atoms with Gasteiger partial charge in [-0.1, -0.05) is 12.1 Å². The largest absolute Gasteiger partial charge is 0.504 e. The summed E-state index contributed by atoms with van der Waals surface area (Å²) < 4.78 is 9.75. The van der Waals surface area contributed by atoms with Crippen LogP contribution in [0.25, 0.3) is 0 Å². The summed E-state index contributed by atoms with van der Waals surface area (Å²) in [6, 6.07) is 7.84. The van der Waals surface area contributed by atoms with Crippen LogP contribution in [-0.2, 0) is 14.3 Å². The Kier molecular flexibility index (Phi) is 5.72. The quantitative estimate of drug-likeness (QED) is 0.551. The van der Waals surface area contributed by atoms with E-state index in [1.165, 1.54) is 45.4 Å². The van der Waals surface area contributed by atoms with Gasteiger partial charge in [-0.15, -0.1) is 0 Å². The number of phenols is 1. The average Bonchev–Trinajstić information content (AvgIpc) is 2.96.